The van der Waals surface area contributed by atoms with Gasteiger partial charge in [0, 0.05) is 23.9 Å². The highest BCUT2D eigenvalue weighted by Crippen LogP contribution is 2.33. The molecule has 0 aliphatic heterocycles. The first-order chi connectivity index (χ1) is 10.0. The van der Waals surface area contributed by atoms with Crippen molar-refractivity contribution >= 4 is 28.2 Å². The minimum atomic E-state index is -0.370. The van der Waals surface area contributed by atoms with E-state index in [-0.39, 0.29) is 11.9 Å². The molecule has 2 rings (SSSR count). The van der Waals surface area contributed by atoms with Crippen LogP contribution in [-0.4, -0.2) is 31.1 Å². The molecular weight excluding hydrogens is 288 g/mol. The van der Waals surface area contributed by atoms with E-state index in [1.54, 1.807) is 6.92 Å². The Morgan fingerprint density at radius 1 is 1.33 bits per heavy atom. The molecule has 1 fully saturated rings. The van der Waals surface area contributed by atoms with Crippen molar-refractivity contribution in [3.63, 3.8) is 0 Å². The van der Waals surface area contributed by atoms with E-state index in [0.29, 0.717) is 36.2 Å². The van der Waals surface area contributed by atoms with Crippen molar-refractivity contribution in [2.24, 2.45) is 0 Å². The summed E-state index contributed by atoms with van der Waals surface area (Å²) in [7, 11) is 0. The molecule has 0 spiro atoms. The Labute approximate surface area is 129 Å². The van der Waals surface area contributed by atoms with Crippen molar-refractivity contribution in [1.82, 2.24) is 5.32 Å². The van der Waals surface area contributed by atoms with Gasteiger partial charge in [-0.3, -0.25) is 4.79 Å². The normalized spacial score (nSPS) is 14.0. The lowest BCUT2D eigenvalue weighted by Crippen LogP contribution is -2.23. The van der Waals surface area contributed by atoms with Crippen LogP contribution in [0.5, 0.6) is 0 Å². The Kier molecular flexibility index (Phi) is 5.36. The molecule has 1 heterocycles. The predicted molar refractivity (Wildman–Crippen MR) is 84.0 cm³/mol. The lowest BCUT2D eigenvalue weighted by Gasteiger charge is -2.07. The highest BCUT2D eigenvalue weighted by molar-refractivity contribution is 7.16. The van der Waals surface area contributed by atoms with Gasteiger partial charge in [-0.05, 0) is 39.2 Å². The summed E-state index contributed by atoms with van der Waals surface area (Å²) in [6, 6.07) is 0.596. The fourth-order valence-electron chi connectivity index (χ4n) is 2.03. The number of hydrogen-bond donors (Lipinski definition) is 2. The predicted octanol–water partition coefficient (Wildman–Crippen LogP) is 2.62. The van der Waals surface area contributed by atoms with E-state index in [4.69, 9.17) is 4.74 Å². The molecule has 21 heavy (non-hydrogen) atoms. The molecule has 1 aliphatic carbocycles. The average Bonchev–Trinajstić information content (AvgIpc) is 3.18. The molecule has 116 valence electrons. The number of carbonyl (C=O) groups is 2. The molecule has 6 heteroatoms. The third-order valence-electron chi connectivity index (χ3n) is 3.48. The Hall–Kier alpha value is -1.40. The van der Waals surface area contributed by atoms with Gasteiger partial charge in [0.25, 0.3) is 0 Å². The van der Waals surface area contributed by atoms with Crippen LogP contribution in [0.15, 0.2) is 0 Å². The van der Waals surface area contributed by atoms with E-state index in [1.807, 2.05) is 13.8 Å². The van der Waals surface area contributed by atoms with Gasteiger partial charge in [0.05, 0.1) is 12.2 Å². The van der Waals surface area contributed by atoms with Gasteiger partial charge in [0.15, 0.2) is 0 Å². The zero-order valence-corrected chi connectivity index (χ0v) is 13.6. The molecule has 2 N–H and O–H groups in total. The van der Waals surface area contributed by atoms with Crippen molar-refractivity contribution < 1.29 is 14.3 Å². The molecular formula is C15H22N2O3S. The van der Waals surface area contributed by atoms with E-state index >= 15 is 0 Å². The number of thiophene rings is 1. The minimum absolute atomic E-state index is 0.0741. The quantitative estimate of drug-likeness (QED) is 0.760. The minimum Gasteiger partial charge on any atom is -0.462 e. The lowest BCUT2D eigenvalue weighted by molar-refractivity contribution is -0.116. The molecule has 0 unspecified atom stereocenters. The molecule has 1 aromatic rings. The molecule has 1 aromatic heterocycles. The van der Waals surface area contributed by atoms with Crippen LogP contribution >= 0.6 is 11.3 Å². The maximum absolute atomic E-state index is 12.0. The smallest absolute Gasteiger partial charge is 0.341 e. The molecule has 5 nitrogen and oxygen atoms in total. The van der Waals surface area contributed by atoms with Crippen molar-refractivity contribution in [3.05, 3.63) is 16.0 Å². The number of aryl methyl sites for hydroxylation is 1. The number of nitrogens with one attached hydrogen (secondary N) is 2. The van der Waals surface area contributed by atoms with E-state index in [2.05, 4.69) is 10.6 Å². The first-order valence-electron chi connectivity index (χ1n) is 7.33. The van der Waals surface area contributed by atoms with Gasteiger partial charge in [-0.2, -0.15) is 0 Å². The first kappa shape index (κ1) is 16.0. The largest absolute Gasteiger partial charge is 0.462 e. The first-order valence-corrected chi connectivity index (χ1v) is 8.15. The molecule has 1 amide bonds. The molecule has 0 radical (unpaired) electrons. The van der Waals surface area contributed by atoms with E-state index in [1.165, 1.54) is 24.2 Å². The summed E-state index contributed by atoms with van der Waals surface area (Å²) < 4.78 is 5.07. The number of esters is 1. The average molecular weight is 310 g/mol. The van der Waals surface area contributed by atoms with Gasteiger partial charge >= 0.3 is 5.97 Å². The van der Waals surface area contributed by atoms with Crippen LogP contribution in [0.1, 0.15) is 47.0 Å². The molecule has 1 aliphatic rings. The van der Waals surface area contributed by atoms with Crippen LogP contribution in [0.3, 0.4) is 0 Å². The van der Waals surface area contributed by atoms with Crippen LogP contribution in [-0.2, 0) is 9.53 Å². The van der Waals surface area contributed by atoms with Crippen LogP contribution in [0.25, 0.3) is 0 Å². The van der Waals surface area contributed by atoms with Gasteiger partial charge < -0.3 is 15.4 Å². The van der Waals surface area contributed by atoms with Crippen LogP contribution < -0.4 is 10.6 Å². The zero-order valence-electron chi connectivity index (χ0n) is 12.7. The molecule has 0 saturated heterocycles. The van der Waals surface area contributed by atoms with Crippen molar-refractivity contribution in [3.8, 4) is 0 Å². The third kappa shape index (κ3) is 4.28. The number of hydrogen-bond acceptors (Lipinski definition) is 5. The number of carbonyl (C=O) groups excluding carboxylic acids is 2. The van der Waals surface area contributed by atoms with Crippen molar-refractivity contribution in [1.29, 1.82) is 0 Å². The molecule has 0 aromatic carbocycles. The number of anilines is 1. The highest BCUT2D eigenvalue weighted by Gasteiger charge is 2.23. The van der Waals surface area contributed by atoms with Gasteiger partial charge in [-0.25, -0.2) is 4.79 Å². The van der Waals surface area contributed by atoms with Gasteiger partial charge in [0.2, 0.25) is 5.91 Å². The highest BCUT2D eigenvalue weighted by atomic mass is 32.1. The van der Waals surface area contributed by atoms with E-state index in [9.17, 15) is 9.59 Å². The number of rotatable bonds is 7. The maximum atomic E-state index is 12.0. The summed E-state index contributed by atoms with van der Waals surface area (Å²) in [5.74, 6) is -0.444. The fraction of sp³-hybridized carbons (Fsp3) is 0.600. The summed E-state index contributed by atoms with van der Waals surface area (Å²) in [4.78, 5) is 25.0. The third-order valence-corrected chi connectivity index (χ3v) is 4.60. The van der Waals surface area contributed by atoms with Gasteiger partial charge in [-0.15, -0.1) is 11.3 Å². The standard InChI is InChI=1S/C15H22N2O3S/c1-4-20-15(19)13-9(2)10(3)21-14(13)17-12(18)7-8-16-11-5-6-11/h11,16H,4-8H2,1-3H3,(H,17,18). The molecule has 1 saturated carbocycles. The van der Waals surface area contributed by atoms with E-state index in [0.717, 1.165) is 10.4 Å². The van der Waals surface area contributed by atoms with Crippen LogP contribution in [0.2, 0.25) is 0 Å². The molecule has 0 bridgehead atoms. The summed E-state index contributed by atoms with van der Waals surface area (Å²) in [5.41, 5.74) is 1.37. The molecule has 0 atom stereocenters. The number of amides is 1. The second kappa shape index (κ2) is 7.04. The lowest BCUT2D eigenvalue weighted by atomic mass is 10.1. The second-order valence-corrected chi connectivity index (χ2v) is 6.46. The van der Waals surface area contributed by atoms with Gasteiger partial charge in [-0.1, -0.05) is 0 Å². The number of ether oxygens (including phenoxy) is 1. The van der Waals surface area contributed by atoms with Crippen LogP contribution in [0.4, 0.5) is 5.00 Å². The summed E-state index contributed by atoms with van der Waals surface area (Å²) >= 11 is 1.42. The summed E-state index contributed by atoms with van der Waals surface area (Å²) in [6.45, 7) is 6.59. The van der Waals surface area contributed by atoms with Crippen molar-refractivity contribution in [2.45, 2.75) is 46.1 Å². The fourth-order valence-corrected chi connectivity index (χ4v) is 3.10. The van der Waals surface area contributed by atoms with Crippen molar-refractivity contribution in [2.75, 3.05) is 18.5 Å². The Bertz CT molecular complexity index is 535. The van der Waals surface area contributed by atoms with E-state index < -0.39 is 0 Å². The Morgan fingerprint density at radius 3 is 2.67 bits per heavy atom. The Morgan fingerprint density at radius 2 is 2.05 bits per heavy atom. The van der Waals surface area contributed by atoms with Gasteiger partial charge in [0.1, 0.15) is 5.00 Å². The summed E-state index contributed by atoms with van der Waals surface area (Å²) in [6.07, 6.45) is 2.82. The maximum Gasteiger partial charge on any atom is 0.341 e. The second-order valence-electron chi connectivity index (χ2n) is 5.23. The SMILES string of the molecule is CCOC(=O)c1c(NC(=O)CCNC2CC2)sc(C)c1C. The monoisotopic (exact) mass is 310 g/mol. The zero-order chi connectivity index (χ0) is 15.4. The van der Waals surface area contributed by atoms with Crippen LogP contribution in [0, 0.1) is 13.8 Å². The Balaban J connectivity index is 1.98. The topological polar surface area (TPSA) is 67.4 Å². The summed E-state index contributed by atoms with van der Waals surface area (Å²) in [5, 5.41) is 6.74.